The zero-order valence-corrected chi connectivity index (χ0v) is 9.38. The number of halogens is 1. The van der Waals surface area contributed by atoms with E-state index in [0.717, 1.165) is 0 Å². The lowest BCUT2D eigenvalue weighted by Gasteiger charge is -2.10. The van der Waals surface area contributed by atoms with E-state index in [-0.39, 0.29) is 23.7 Å². The van der Waals surface area contributed by atoms with Gasteiger partial charge in [0.1, 0.15) is 5.15 Å². The average Bonchev–Trinajstić information content (AvgIpc) is 2.16. The van der Waals surface area contributed by atoms with Crippen molar-refractivity contribution in [2.45, 2.75) is 19.9 Å². The van der Waals surface area contributed by atoms with Crippen molar-refractivity contribution in [2.75, 3.05) is 6.61 Å². The van der Waals surface area contributed by atoms with Gasteiger partial charge in [-0.15, -0.1) is 0 Å². The molecule has 2 N–H and O–H groups in total. The minimum absolute atomic E-state index is 0.0937. The number of pyridine rings is 1. The van der Waals surface area contributed by atoms with Crippen molar-refractivity contribution < 1.29 is 9.90 Å². The van der Waals surface area contributed by atoms with Crippen LogP contribution in [0.3, 0.4) is 0 Å². The van der Waals surface area contributed by atoms with Crippen molar-refractivity contribution in [3.63, 3.8) is 0 Å². The second kappa shape index (κ2) is 5.09. The predicted octanol–water partition coefficient (Wildman–Crippen LogP) is 1.15. The van der Waals surface area contributed by atoms with E-state index in [1.807, 2.05) is 0 Å². The summed E-state index contributed by atoms with van der Waals surface area (Å²) < 4.78 is 0. The number of rotatable bonds is 3. The maximum Gasteiger partial charge on any atom is 0.251 e. The molecule has 1 amide bonds. The van der Waals surface area contributed by atoms with E-state index < -0.39 is 0 Å². The summed E-state index contributed by atoms with van der Waals surface area (Å²) in [6.07, 6.45) is 0. The van der Waals surface area contributed by atoms with Crippen LogP contribution < -0.4 is 5.32 Å². The molecule has 0 saturated carbocycles. The molecular weight excluding hydrogens is 216 g/mol. The monoisotopic (exact) mass is 228 g/mol. The summed E-state index contributed by atoms with van der Waals surface area (Å²) in [5.74, 6) is -0.260. The molecule has 1 aromatic heterocycles. The quantitative estimate of drug-likeness (QED) is 0.763. The van der Waals surface area contributed by atoms with E-state index in [1.54, 1.807) is 19.9 Å². The lowest BCUT2D eigenvalue weighted by molar-refractivity contribution is 0.0922. The summed E-state index contributed by atoms with van der Waals surface area (Å²) in [7, 11) is 0. The number of hydrogen-bond donors (Lipinski definition) is 2. The van der Waals surface area contributed by atoms with Gasteiger partial charge in [-0.2, -0.15) is 0 Å². The third-order valence-corrected chi connectivity index (χ3v) is 2.03. The standard InChI is InChI=1S/C10H13ClN2O2/c1-6-3-8(4-9(11)12-6)10(15)13-7(2)5-14/h3-4,7,14H,5H2,1-2H3,(H,13,15)/t7-/m0/s1. The summed E-state index contributed by atoms with van der Waals surface area (Å²) in [5.41, 5.74) is 1.14. The fourth-order valence-corrected chi connectivity index (χ4v) is 1.36. The first-order valence-corrected chi connectivity index (χ1v) is 4.96. The molecule has 0 fully saturated rings. The number of aliphatic hydroxyl groups excluding tert-OH is 1. The van der Waals surface area contributed by atoms with Crippen molar-refractivity contribution in [1.29, 1.82) is 0 Å². The van der Waals surface area contributed by atoms with Gasteiger partial charge in [-0.3, -0.25) is 4.79 Å². The molecule has 1 aromatic rings. The Balaban J connectivity index is 2.82. The minimum Gasteiger partial charge on any atom is -0.394 e. The first-order valence-electron chi connectivity index (χ1n) is 4.59. The molecule has 0 radical (unpaired) electrons. The van der Waals surface area contributed by atoms with Gasteiger partial charge in [-0.05, 0) is 26.0 Å². The van der Waals surface area contributed by atoms with E-state index in [0.29, 0.717) is 11.3 Å². The Kier molecular flexibility index (Phi) is 4.05. The fraction of sp³-hybridized carbons (Fsp3) is 0.400. The topological polar surface area (TPSA) is 62.2 Å². The molecule has 82 valence electrons. The van der Waals surface area contributed by atoms with Crippen LogP contribution >= 0.6 is 11.6 Å². The molecule has 0 aliphatic rings. The zero-order valence-electron chi connectivity index (χ0n) is 8.62. The summed E-state index contributed by atoms with van der Waals surface area (Å²) >= 11 is 5.72. The van der Waals surface area contributed by atoms with Crippen LogP contribution in [0, 0.1) is 6.92 Å². The first-order chi connectivity index (χ1) is 7.02. The van der Waals surface area contributed by atoms with Gasteiger partial charge < -0.3 is 10.4 Å². The first kappa shape index (κ1) is 11.9. The second-order valence-electron chi connectivity index (χ2n) is 3.38. The third-order valence-electron chi connectivity index (χ3n) is 1.84. The number of aromatic nitrogens is 1. The molecule has 0 unspecified atom stereocenters. The van der Waals surface area contributed by atoms with Crippen LogP contribution in [0.4, 0.5) is 0 Å². The molecule has 0 spiro atoms. The molecule has 5 heteroatoms. The molecule has 1 heterocycles. The van der Waals surface area contributed by atoms with Crippen molar-refractivity contribution >= 4 is 17.5 Å². The number of amides is 1. The van der Waals surface area contributed by atoms with E-state index in [1.165, 1.54) is 6.07 Å². The second-order valence-corrected chi connectivity index (χ2v) is 3.76. The predicted molar refractivity (Wildman–Crippen MR) is 58.0 cm³/mol. The molecule has 0 aliphatic carbocycles. The zero-order chi connectivity index (χ0) is 11.4. The summed E-state index contributed by atoms with van der Waals surface area (Å²) in [4.78, 5) is 15.6. The average molecular weight is 229 g/mol. The van der Waals surface area contributed by atoms with Crippen LogP contribution in [0.5, 0.6) is 0 Å². The Labute approximate surface area is 93.3 Å². The van der Waals surface area contributed by atoms with Crippen LogP contribution in [-0.4, -0.2) is 28.6 Å². The molecule has 0 bridgehead atoms. The van der Waals surface area contributed by atoms with Crippen LogP contribution in [0.15, 0.2) is 12.1 Å². The van der Waals surface area contributed by atoms with E-state index in [4.69, 9.17) is 16.7 Å². The normalized spacial score (nSPS) is 12.3. The number of aliphatic hydroxyl groups is 1. The summed E-state index contributed by atoms with van der Waals surface area (Å²) in [6, 6.07) is 2.86. The highest BCUT2D eigenvalue weighted by atomic mass is 35.5. The van der Waals surface area contributed by atoms with Gasteiger partial charge in [-0.25, -0.2) is 4.98 Å². The van der Waals surface area contributed by atoms with Gasteiger partial charge in [0.25, 0.3) is 5.91 Å². The smallest absolute Gasteiger partial charge is 0.251 e. The summed E-state index contributed by atoms with van der Waals surface area (Å²) in [5, 5.41) is 11.7. The van der Waals surface area contributed by atoms with Gasteiger partial charge >= 0.3 is 0 Å². The highest BCUT2D eigenvalue weighted by Crippen LogP contribution is 2.10. The van der Waals surface area contributed by atoms with Crippen LogP contribution in [0.25, 0.3) is 0 Å². The highest BCUT2D eigenvalue weighted by Gasteiger charge is 2.10. The number of carbonyl (C=O) groups is 1. The van der Waals surface area contributed by atoms with Crippen molar-refractivity contribution in [2.24, 2.45) is 0 Å². The number of carbonyl (C=O) groups excluding carboxylic acids is 1. The number of nitrogens with one attached hydrogen (secondary N) is 1. The molecule has 0 aromatic carbocycles. The van der Waals surface area contributed by atoms with E-state index >= 15 is 0 Å². The largest absolute Gasteiger partial charge is 0.394 e. The molecule has 4 nitrogen and oxygen atoms in total. The Morgan fingerprint density at radius 3 is 2.87 bits per heavy atom. The van der Waals surface area contributed by atoms with Gasteiger partial charge in [0.05, 0.1) is 6.61 Å². The SMILES string of the molecule is Cc1cc(C(=O)N[C@@H](C)CO)cc(Cl)n1. The Morgan fingerprint density at radius 1 is 1.67 bits per heavy atom. The maximum absolute atomic E-state index is 11.6. The van der Waals surface area contributed by atoms with Gasteiger partial charge in [0.2, 0.25) is 0 Å². The number of hydrogen-bond acceptors (Lipinski definition) is 3. The van der Waals surface area contributed by atoms with Crippen molar-refractivity contribution in [1.82, 2.24) is 10.3 Å². The maximum atomic E-state index is 11.6. The Hall–Kier alpha value is -1.13. The highest BCUT2D eigenvalue weighted by molar-refractivity contribution is 6.29. The Morgan fingerprint density at radius 2 is 2.33 bits per heavy atom. The minimum atomic E-state index is -0.273. The van der Waals surface area contributed by atoms with Crippen LogP contribution in [0.2, 0.25) is 5.15 Å². The van der Waals surface area contributed by atoms with Crippen molar-refractivity contribution in [3.8, 4) is 0 Å². The lowest BCUT2D eigenvalue weighted by Crippen LogP contribution is -2.35. The van der Waals surface area contributed by atoms with Gasteiger partial charge in [0.15, 0.2) is 0 Å². The van der Waals surface area contributed by atoms with E-state index in [9.17, 15) is 4.79 Å². The van der Waals surface area contributed by atoms with Crippen LogP contribution in [0.1, 0.15) is 23.0 Å². The molecule has 1 rings (SSSR count). The third kappa shape index (κ3) is 3.49. The van der Waals surface area contributed by atoms with Crippen molar-refractivity contribution in [3.05, 3.63) is 28.5 Å². The van der Waals surface area contributed by atoms with Gasteiger partial charge in [0, 0.05) is 17.3 Å². The number of nitrogens with zero attached hydrogens (tertiary/aromatic N) is 1. The molecular formula is C10H13ClN2O2. The van der Waals surface area contributed by atoms with Crippen LogP contribution in [-0.2, 0) is 0 Å². The number of aryl methyl sites for hydroxylation is 1. The molecule has 0 aliphatic heterocycles. The molecule has 1 atom stereocenters. The van der Waals surface area contributed by atoms with Gasteiger partial charge in [-0.1, -0.05) is 11.6 Å². The Bertz CT molecular complexity index is 348. The molecule has 15 heavy (non-hydrogen) atoms. The lowest BCUT2D eigenvalue weighted by atomic mass is 10.2. The fourth-order valence-electron chi connectivity index (χ4n) is 1.11. The molecule has 0 saturated heterocycles. The van der Waals surface area contributed by atoms with E-state index in [2.05, 4.69) is 10.3 Å². The summed E-state index contributed by atoms with van der Waals surface area (Å²) in [6.45, 7) is 3.38.